The summed E-state index contributed by atoms with van der Waals surface area (Å²) in [7, 11) is 1.33. The van der Waals surface area contributed by atoms with Crippen LogP contribution in [0.4, 0.5) is 0 Å². The van der Waals surface area contributed by atoms with E-state index in [0.717, 1.165) is 12.8 Å². The van der Waals surface area contributed by atoms with E-state index in [4.69, 9.17) is 18.9 Å². The fourth-order valence-electron chi connectivity index (χ4n) is 2.01. The average Bonchev–Trinajstić information content (AvgIpc) is 2.40. The van der Waals surface area contributed by atoms with E-state index in [2.05, 4.69) is 0 Å². The highest BCUT2D eigenvalue weighted by atomic mass is 16.7. The van der Waals surface area contributed by atoms with Crippen molar-refractivity contribution in [3.8, 4) is 0 Å². The summed E-state index contributed by atoms with van der Waals surface area (Å²) in [4.78, 5) is 11.4. The summed E-state index contributed by atoms with van der Waals surface area (Å²) in [5.74, 6) is -2.88. The van der Waals surface area contributed by atoms with Crippen LogP contribution < -0.4 is 0 Å². The van der Waals surface area contributed by atoms with Crippen molar-refractivity contribution >= 4 is 5.97 Å². The van der Waals surface area contributed by atoms with Crippen molar-refractivity contribution in [1.29, 1.82) is 0 Å². The molecule has 0 bridgehead atoms. The zero-order valence-corrected chi connectivity index (χ0v) is 11.0. The van der Waals surface area contributed by atoms with E-state index in [1.807, 2.05) is 6.92 Å². The van der Waals surface area contributed by atoms with E-state index in [1.54, 1.807) is 0 Å². The second kappa shape index (κ2) is 7.68. The van der Waals surface area contributed by atoms with Gasteiger partial charge in [-0.15, -0.1) is 0 Å². The molecule has 1 N–H and O–H groups in total. The molecule has 1 aliphatic rings. The molecule has 0 aromatic heterocycles. The Balaban J connectivity index is 2.63. The number of carbonyl (C=O) groups is 1. The molecule has 0 aromatic rings. The van der Waals surface area contributed by atoms with Gasteiger partial charge in [-0.05, 0) is 26.2 Å². The van der Waals surface area contributed by atoms with Gasteiger partial charge in [-0.2, -0.15) is 0 Å². The van der Waals surface area contributed by atoms with Crippen molar-refractivity contribution in [3.63, 3.8) is 0 Å². The van der Waals surface area contributed by atoms with Crippen LogP contribution in [0.5, 0.6) is 0 Å². The van der Waals surface area contributed by atoms with E-state index in [-0.39, 0.29) is 6.61 Å². The number of hydrogen-bond acceptors (Lipinski definition) is 5. The van der Waals surface area contributed by atoms with Crippen LogP contribution in [-0.2, 0) is 23.7 Å². The lowest BCUT2D eigenvalue weighted by Gasteiger charge is -2.37. The first-order valence-corrected chi connectivity index (χ1v) is 6.29. The van der Waals surface area contributed by atoms with Crippen LogP contribution in [0, 0.1) is 0 Å². The summed E-state index contributed by atoms with van der Waals surface area (Å²) >= 11 is 0. The zero-order chi connectivity index (χ0) is 13.4. The van der Waals surface area contributed by atoms with Crippen LogP contribution in [0.15, 0.2) is 0 Å². The monoisotopic (exact) mass is 262 g/mol. The number of carboxylic acids is 1. The fourth-order valence-corrected chi connectivity index (χ4v) is 2.01. The number of hydrogen-bond donors (Lipinski definition) is 1. The quantitative estimate of drug-likeness (QED) is 0.520. The molecule has 0 amide bonds. The van der Waals surface area contributed by atoms with Gasteiger partial charge >= 0.3 is 5.97 Å². The highest BCUT2D eigenvalue weighted by molar-refractivity contribution is 5.76. The average molecular weight is 262 g/mol. The molecule has 0 saturated carbocycles. The predicted molar refractivity (Wildman–Crippen MR) is 63.4 cm³/mol. The van der Waals surface area contributed by atoms with E-state index in [1.165, 1.54) is 7.11 Å². The van der Waals surface area contributed by atoms with Crippen LogP contribution in [0.3, 0.4) is 0 Å². The lowest BCUT2D eigenvalue weighted by molar-refractivity contribution is -0.284. The Morgan fingerprint density at radius 2 is 2.22 bits per heavy atom. The van der Waals surface area contributed by atoms with Crippen LogP contribution in [0.1, 0.15) is 26.2 Å². The second-order valence-electron chi connectivity index (χ2n) is 4.08. The van der Waals surface area contributed by atoms with Crippen LogP contribution in [-0.4, -0.2) is 56.5 Å². The van der Waals surface area contributed by atoms with Gasteiger partial charge in [-0.1, -0.05) is 0 Å². The maximum absolute atomic E-state index is 11.4. The van der Waals surface area contributed by atoms with Gasteiger partial charge in [0.25, 0.3) is 5.79 Å². The molecule has 0 aliphatic carbocycles. The molecule has 1 heterocycles. The van der Waals surface area contributed by atoms with Crippen molar-refractivity contribution in [2.75, 3.05) is 33.5 Å². The minimum Gasteiger partial charge on any atom is -0.477 e. The number of aliphatic carboxylic acids is 1. The molecule has 6 nitrogen and oxygen atoms in total. The SMILES string of the molecule is CCOCCOC(OC)(C(=O)O)C1CCCCO1. The molecule has 1 fully saturated rings. The molecule has 1 aliphatic heterocycles. The predicted octanol–water partition coefficient (Wildman–Crippen LogP) is 1.04. The Labute approximate surface area is 107 Å². The van der Waals surface area contributed by atoms with E-state index in [9.17, 15) is 9.90 Å². The summed E-state index contributed by atoms with van der Waals surface area (Å²) < 4.78 is 21.1. The Bertz CT molecular complexity index is 251. The van der Waals surface area contributed by atoms with Gasteiger partial charge in [0.15, 0.2) is 0 Å². The summed E-state index contributed by atoms with van der Waals surface area (Å²) in [5.41, 5.74) is 0. The number of carboxylic acid groups (broad SMARTS) is 1. The maximum Gasteiger partial charge on any atom is 0.367 e. The minimum atomic E-state index is -1.72. The van der Waals surface area contributed by atoms with Gasteiger partial charge in [-0.3, -0.25) is 0 Å². The van der Waals surface area contributed by atoms with Gasteiger partial charge < -0.3 is 24.1 Å². The van der Waals surface area contributed by atoms with Crippen molar-refractivity contribution in [2.24, 2.45) is 0 Å². The van der Waals surface area contributed by atoms with Gasteiger partial charge in [0, 0.05) is 20.3 Å². The lowest BCUT2D eigenvalue weighted by atomic mass is 10.0. The summed E-state index contributed by atoms with van der Waals surface area (Å²) in [5, 5.41) is 9.36. The normalized spacial score (nSPS) is 23.6. The third-order valence-corrected chi connectivity index (χ3v) is 2.95. The van der Waals surface area contributed by atoms with Gasteiger partial charge in [0.05, 0.1) is 13.2 Å². The molecule has 6 heteroatoms. The van der Waals surface area contributed by atoms with Crippen molar-refractivity contribution in [3.05, 3.63) is 0 Å². The zero-order valence-electron chi connectivity index (χ0n) is 11.0. The third kappa shape index (κ3) is 3.65. The third-order valence-electron chi connectivity index (χ3n) is 2.95. The van der Waals surface area contributed by atoms with E-state index < -0.39 is 17.9 Å². The first-order valence-electron chi connectivity index (χ1n) is 6.29. The van der Waals surface area contributed by atoms with Gasteiger partial charge in [-0.25, -0.2) is 4.79 Å². The second-order valence-corrected chi connectivity index (χ2v) is 4.08. The molecule has 0 aromatic carbocycles. The lowest BCUT2D eigenvalue weighted by Crippen LogP contribution is -2.55. The maximum atomic E-state index is 11.4. The van der Waals surface area contributed by atoms with E-state index >= 15 is 0 Å². The van der Waals surface area contributed by atoms with Crippen molar-refractivity contribution in [1.82, 2.24) is 0 Å². The van der Waals surface area contributed by atoms with Crippen LogP contribution in [0.25, 0.3) is 0 Å². The minimum absolute atomic E-state index is 0.161. The van der Waals surface area contributed by atoms with Crippen LogP contribution >= 0.6 is 0 Å². The van der Waals surface area contributed by atoms with Crippen molar-refractivity contribution < 1.29 is 28.8 Å². The molecule has 18 heavy (non-hydrogen) atoms. The Morgan fingerprint density at radius 1 is 1.44 bits per heavy atom. The fraction of sp³-hybridized carbons (Fsp3) is 0.917. The molecule has 1 saturated heterocycles. The van der Waals surface area contributed by atoms with Crippen LogP contribution in [0.2, 0.25) is 0 Å². The summed E-state index contributed by atoms with van der Waals surface area (Å²) in [6, 6.07) is 0. The topological polar surface area (TPSA) is 74.2 Å². The van der Waals surface area contributed by atoms with Crippen molar-refractivity contribution in [2.45, 2.75) is 38.1 Å². The van der Waals surface area contributed by atoms with E-state index in [0.29, 0.717) is 26.2 Å². The molecule has 2 unspecified atom stereocenters. The number of ether oxygens (including phenoxy) is 4. The first-order chi connectivity index (χ1) is 8.67. The largest absolute Gasteiger partial charge is 0.477 e. The Kier molecular flexibility index (Phi) is 6.56. The molecule has 0 spiro atoms. The smallest absolute Gasteiger partial charge is 0.367 e. The first kappa shape index (κ1) is 15.4. The molecule has 1 rings (SSSR count). The molecule has 2 atom stereocenters. The molecular formula is C12H22O6. The molecular weight excluding hydrogens is 240 g/mol. The summed E-state index contributed by atoms with van der Waals surface area (Å²) in [6.07, 6.45) is 1.90. The summed E-state index contributed by atoms with van der Waals surface area (Å²) in [6.45, 7) is 3.47. The number of rotatable bonds is 8. The number of methoxy groups -OCH3 is 1. The highest BCUT2D eigenvalue weighted by Crippen LogP contribution is 2.28. The molecule has 106 valence electrons. The highest BCUT2D eigenvalue weighted by Gasteiger charge is 2.49. The Hall–Kier alpha value is -0.690. The Morgan fingerprint density at radius 3 is 2.72 bits per heavy atom. The van der Waals surface area contributed by atoms with Gasteiger partial charge in [0.2, 0.25) is 0 Å². The standard InChI is InChI=1S/C12H22O6/c1-3-16-8-9-18-12(15-2,11(13)14)10-6-4-5-7-17-10/h10H,3-9H2,1-2H3,(H,13,14). The van der Waals surface area contributed by atoms with Gasteiger partial charge in [0.1, 0.15) is 6.10 Å². The molecule has 0 radical (unpaired) electrons.